The minimum Gasteiger partial charge on any atom is -0.344 e. The Hall–Kier alpha value is -2.41. The zero-order chi connectivity index (χ0) is 23.1. The van der Waals surface area contributed by atoms with Crippen molar-refractivity contribution in [1.82, 2.24) is 21.1 Å². The van der Waals surface area contributed by atoms with Crippen LogP contribution in [-0.2, 0) is 4.79 Å². The van der Waals surface area contributed by atoms with Gasteiger partial charge in [0.05, 0.1) is 10.6 Å². The highest BCUT2D eigenvalue weighted by Crippen LogP contribution is 2.24. The largest absolute Gasteiger partial charge is 0.344 e. The number of amides is 2. The lowest BCUT2D eigenvalue weighted by Crippen LogP contribution is -2.50. The molecule has 2 amide bonds. The molecule has 7 heteroatoms. The van der Waals surface area contributed by atoms with Crippen LogP contribution in [0.1, 0.15) is 55.1 Å². The van der Waals surface area contributed by atoms with E-state index in [0.29, 0.717) is 29.2 Å². The summed E-state index contributed by atoms with van der Waals surface area (Å²) in [6, 6.07) is 17.3. The van der Waals surface area contributed by atoms with Crippen LogP contribution in [0.2, 0.25) is 5.02 Å². The molecule has 1 aliphatic heterocycles. The fourth-order valence-corrected chi connectivity index (χ4v) is 4.24. The van der Waals surface area contributed by atoms with Crippen molar-refractivity contribution < 1.29 is 9.59 Å². The monoisotopic (exact) mass is 456 g/mol. The fraction of sp³-hybridized carbons (Fsp3) is 0.440. The molecule has 172 valence electrons. The molecular weight excluding hydrogens is 424 g/mol. The van der Waals surface area contributed by atoms with Gasteiger partial charge >= 0.3 is 0 Å². The molecule has 3 unspecified atom stereocenters. The van der Waals surface area contributed by atoms with Gasteiger partial charge in [-0.1, -0.05) is 67.9 Å². The Balaban J connectivity index is 1.48. The smallest absolute Gasteiger partial charge is 0.253 e. The summed E-state index contributed by atoms with van der Waals surface area (Å²) in [6.07, 6.45) is 2.86. The van der Waals surface area contributed by atoms with E-state index in [4.69, 9.17) is 11.6 Å². The van der Waals surface area contributed by atoms with Crippen molar-refractivity contribution >= 4 is 23.4 Å². The zero-order valence-corrected chi connectivity index (χ0v) is 19.7. The van der Waals surface area contributed by atoms with E-state index >= 15 is 0 Å². The number of hydrogen-bond donors (Lipinski definition) is 3. The number of carbonyl (C=O) groups is 2. The molecule has 0 aromatic heterocycles. The number of hydrogen-bond acceptors (Lipinski definition) is 4. The van der Waals surface area contributed by atoms with Gasteiger partial charge in [0, 0.05) is 25.7 Å². The zero-order valence-electron chi connectivity index (χ0n) is 19.0. The number of rotatable bonds is 9. The number of carbonyl (C=O) groups excluding carboxylic acids is 2. The van der Waals surface area contributed by atoms with E-state index in [1.807, 2.05) is 19.9 Å². The van der Waals surface area contributed by atoms with Gasteiger partial charge in [0.15, 0.2) is 0 Å². The molecule has 0 bridgehead atoms. The second-order valence-electron chi connectivity index (χ2n) is 8.76. The predicted molar refractivity (Wildman–Crippen MR) is 128 cm³/mol. The van der Waals surface area contributed by atoms with Crippen molar-refractivity contribution in [2.24, 2.45) is 5.92 Å². The molecule has 0 spiro atoms. The standard InChI is InChI=1S/C25H33ClN4O2/c1-17(2)23(27-24(31)20-13-7-8-14-21(20)26)25(32)30(3)15-9-12-19-16-22(29-28-19)18-10-5-4-6-11-18/h4-8,10-11,13-14,17,19,22-23,28-29H,9,12,15-16H2,1-3H3,(H,27,31). The van der Waals surface area contributed by atoms with Crippen molar-refractivity contribution in [1.29, 1.82) is 0 Å². The maximum atomic E-state index is 13.1. The Morgan fingerprint density at radius 2 is 1.78 bits per heavy atom. The Kier molecular flexibility index (Phi) is 8.67. The molecule has 3 N–H and O–H groups in total. The van der Waals surface area contributed by atoms with E-state index in [0.717, 1.165) is 19.3 Å². The first kappa shape index (κ1) is 24.2. The second-order valence-corrected chi connectivity index (χ2v) is 9.17. The van der Waals surface area contributed by atoms with Crippen LogP contribution in [0.15, 0.2) is 54.6 Å². The molecule has 1 saturated heterocycles. The van der Waals surface area contributed by atoms with Gasteiger partial charge in [-0.25, -0.2) is 0 Å². The van der Waals surface area contributed by atoms with Gasteiger partial charge in [-0.3, -0.25) is 20.4 Å². The van der Waals surface area contributed by atoms with Crippen molar-refractivity contribution in [3.05, 3.63) is 70.7 Å². The summed E-state index contributed by atoms with van der Waals surface area (Å²) in [5.74, 6) is -0.451. The Morgan fingerprint density at radius 3 is 2.47 bits per heavy atom. The van der Waals surface area contributed by atoms with Crippen molar-refractivity contribution in [2.75, 3.05) is 13.6 Å². The lowest BCUT2D eigenvalue weighted by atomic mass is 9.99. The summed E-state index contributed by atoms with van der Waals surface area (Å²) in [6.45, 7) is 4.50. The maximum Gasteiger partial charge on any atom is 0.253 e. The molecule has 2 aromatic carbocycles. The van der Waals surface area contributed by atoms with Crippen LogP contribution in [-0.4, -0.2) is 42.4 Å². The summed E-state index contributed by atoms with van der Waals surface area (Å²) in [5, 5.41) is 3.25. The quantitative estimate of drug-likeness (QED) is 0.534. The number of nitrogens with zero attached hydrogens (tertiary/aromatic N) is 1. The molecule has 6 nitrogen and oxygen atoms in total. The molecule has 1 fully saturated rings. The number of halogens is 1. The first-order valence-corrected chi connectivity index (χ1v) is 11.6. The number of hydrazine groups is 1. The third-order valence-corrected chi connectivity index (χ3v) is 6.27. The van der Waals surface area contributed by atoms with Gasteiger partial charge in [0.25, 0.3) is 5.91 Å². The Bertz CT molecular complexity index is 906. The van der Waals surface area contributed by atoms with Gasteiger partial charge in [-0.05, 0) is 42.9 Å². The molecule has 3 rings (SSSR count). The normalized spacial score (nSPS) is 19.0. The van der Waals surface area contributed by atoms with Crippen LogP contribution in [0, 0.1) is 5.92 Å². The number of benzene rings is 2. The molecule has 0 saturated carbocycles. The van der Waals surface area contributed by atoms with Crippen LogP contribution in [0.4, 0.5) is 0 Å². The van der Waals surface area contributed by atoms with Gasteiger partial charge in [0.2, 0.25) is 5.91 Å². The lowest BCUT2D eigenvalue weighted by Gasteiger charge is -2.27. The SMILES string of the molecule is CC(C)C(NC(=O)c1ccccc1Cl)C(=O)N(C)CCCC1CC(c2ccccc2)NN1. The highest BCUT2D eigenvalue weighted by Gasteiger charge is 2.28. The van der Waals surface area contributed by atoms with Gasteiger partial charge in [-0.15, -0.1) is 0 Å². The second kappa shape index (κ2) is 11.5. The highest BCUT2D eigenvalue weighted by molar-refractivity contribution is 6.33. The topological polar surface area (TPSA) is 73.5 Å². The minimum absolute atomic E-state index is 0.0382. The molecule has 2 aromatic rings. The summed E-state index contributed by atoms with van der Waals surface area (Å²) in [5.41, 5.74) is 8.40. The Morgan fingerprint density at radius 1 is 1.09 bits per heavy atom. The predicted octanol–water partition coefficient (Wildman–Crippen LogP) is 3.94. The first-order valence-electron chi connectivity index (χ1n) is 11.2. The maximum absolute atomic E-state index is 13.1. The van der Waals surface area contributed by atoms with Gasteiger partial charge < -0.3 is 10.2 Å². The molecule has 32 heavy (non-hydrogen) atoms. The van der Waals surface area contributed by atoms with E-state index in [1.165, 1.54) is 5.56 Å². The average Bonchev–Trinajstić information content (AvgIpc) is 3.26. The fourth-order valence-electron chi connectivity index (χ4n) is 4.02. The molecule has 1 heterocycles. The van der Waals surface area contributed by atoms with E-state index in [2.05, 4.69) is 40.4 Å². The van der Waals surface area contributed by atoms with Crippen LogP contribution >= 0.6 is 11.6 Å². The van der Waals surface area contributed by atoms with E-state index in [1.54, 1.807) is 36.2 Å². The summed E-state index contributed by atoms with van der Waals surface area (Å²) in [4.78, 5) is 27.4. The van der Waals surface area contributed by atoms with Crippen LogP contribution in [0.5, 0.6) is 0 Å². The Labute approximate surface area is 195 Å². The van der Waals surface area contributed by atoms with Crippen LogP contribution in [0.25, 0.3) is 0 Å². The number of likely N-dealkylation sites (N-methyl/N-ethyl adjacent to an activating group) is 1. The van der Waals surface area contributed by atoms with Crippen molar-refractivity contribution in [3.8, 4) is 0 Å². The third kappa shape index (κ3) is 6.31. The van der Waals surface area contributed by atoms with E-state index in [-0.39, 0.29) is 17.7 Å². The molecule has 0 radical (unpaired) electrons. The van der Waals surface area contributed by atoms with Crippen LogP contribution in [0.3, 0.4) is 0 Å². The lowest BCUT2D eigenvalue weighted by molar-refractivity contribution is -0.133. The summed E-state index contributed by atoms with van der Waals surface area (Å²) in [7, 11) is 1.80. The van der Waals surface area contributed by atoms with Crippen LogP contribution < -0.4 is 16.2 Å². The van der Waals surface area contributed by atoms with Gasteiger partial charge in [-0.2, -0.15) is 0 Å². The average molecular weight is 457 g/mol. The third-order valence-electron chi connectivity index (χ3n) is 5.94. The minimum atomic E-state index is -0.600. The highest BCUT2D eigenvalue weighted by atomic mass is 35.5. The van der Waals surface area contributed by atoms with Crippen molar-refractivity contribution in [2.45, 2.75) is 51.2 Å². The summed E-state index contributed by atoms with van der Waals surface area (Å²) < 4.78 is 0. The van der Waals surface area contributed by atoms with E-state index < -0.39 is 6.04 Å². The molecular formula is C25H33ClN4O2. The number of nitrogens with one attached hydrogen (secondary N) is 3. The van der Waals surface area contributed by atoms with E-state index in [9.17, 15) is 9.59 Å². The first-order chi connectivity index (χ1) is 15.4. The van der Waals surface area contributed by atoms with Crippen molar-refractivity contribution in [3.63, 3.8) is 0 Å². The summed E-state index contributed by atoms with van der Waals surface area (Å²) >= 11 is 6.14. The molecule has 3 atom stereocenters. The van der Waals surface area contributed by atoms with Gasteiger partial charge in [0.1, 0.15) is 6.04 Å². The molecule has 0 aliphatic carbocycles. The molecule has 1 aliphatic rings.